The van der Waals surface area contributed by atoms with Crippen molar-refractivity contribution in [2.45, 2.75) is 38.2 Å². The Labute approximate surface area is 182 Å². The highest BCUT2D eigenvalue weighted by molar-refractivity contribution is 6.30. The summed E-state index contributed by atoms with van der Waals surface area (Å²) in [7, 11) is 0. The van der Waals surface area contributed by atoms with Crippen LogP contribution < -0.4 is 4.74 Å². The summed E-state index contributed by atoms with van der Waals surface area (Å²) in [6.07, 6.45) is -0.183. The molecule has 166 valence electrons. The minimum absolute atomic E-state index is 0.204. The van der Waals surface area contributed by atoms with Gasteiger partial charge in [-0.25, -0.2) is 4.39 Å². The largest absolute Gasteiger partial charge is 0.461 e. The van der Waals surface area contributed by atoms with Crippen LogP contribution in [0.15, 0.2) is 73.0 Å². The summed E-state index contributed by atoms with van der Waals surface area (Å²) in [5.41, 5.74) is 0.367. The summed E-state index contributed by atoms with van der Waals surface area (Å²) in [4.78, 5) is 4.31. The van der Waals surface area contributed by atoms with Crippen LogP contribution in [0.2, 0.25) is 5.02 Å². The first-order chi connectivity index (χ1) is 14.5. The molecule has 0 unspecified atom stereocenters. The number of allylic oxidation sites excluding steroid dienone is 5. The maximum atomic E-state index is 14.3. The molecule has 1 aromatic heterocycles. The highest BCUT2D eigenvalue weighted by Crippen LogP contribution is 2.40. The molecule has 0 fully saturated rings. The topological polar surface area (TPSA) is 22.1 Å². The van der Waals surface area contributed by atoms with Crippen LogP contribution in [0.3, 0.4) is 0 Å². The zero-order valence-electron chi connectivity index (χ0n) is 16.9. The van der Waals surface area contributed by atoms with E-state index in [0.717, 1.165) is 17.7 Å². The van der Waals surface area contributed by atoms with Gasteiger partial charge in [-0.1, -0.05) is 42.5 Å². The van der Waals surface area contributed by atoms with Crippen LogP contribution >= 0.6 is 11.6 Å². The van der Waals surface area contributed by atoms with Crippen LogP contribution in [0.5, 0.6) is 5.75 Å². The Kier molecular flexibility index (Phi) is 8.01. The second kappa shape index (κ2) is 10.1. The van der Waals surface area contributed by atoms with E-state index in [9.17, 15) is 22.0 Å². The van der Waals surface area contributed by atoms with Gasteiger partial charge >= 0.3 is 12.5 Å². The third kappa shape index (κ3) is 6.17. The van der Waals surface area contributed by atoms with Crippen LogP contribution in [0.1, 0.15) is 31.5 Å². The molecule has 1 heterocycles. The van der Waals surface area contributed by atoms with Crippen molar-refractivity contribution in [2.75, 3.05) is 0 Å². The molecule has 2 aromatic rings. The lowest BCUT2D eigenvalue weighted by Crippen LogP contribution is -2.33. The van der Waals surface area contributed by atoms with Gasteiger partial charge in [-0.3, -0.25) is 4.98 Å². The average Bonchev–Trinajstić information content (AvgIpc) is 2.70. The number of hydrogen-bond donors (Lipinski definition) is 0. The molecule has 2 nitrogen and oxygen atoms in total. The first-order valence-corrected chi connectivity index (χ1v) is 9.62. The molecule has 2 rings (SSSR count). The van der Waals surface area contributed by atoms with Crippen LogP contribution in [0, 0.1) is 5.82 Å². The molecule has 0 spiro atoms. The number of halogens is 6. The van der Waals surface area contributed by atoms with Gasteiger partial charge < -0.3 is 4.74 Å². The molecular weight excluding hydrogens is 437 g/mol. The predicted molar refractivity (Wildman–Crippen MR) is 111 cm³/mol. The fraction of sp³-hybridized carbons (Fsp3) is 0.261. The summed E-state index contributed by atoms with van der Waals surface area (Å²) in [5, 5.41) is 0.374. The van der Waals surface area contributed by atoms with E-state index in [1.807, 2.05) is 13.0 Å². The maximum absolute atomic E-state index is 14.3. The fourth-order valence-corrected chi connectivity index (χ4v) is 3.12. The third-order valence-electron chi connectivity index (χ3n) is 4.63. The van der Waals surface area contributed by atoms with Gasteiger partial charge in [-0.05, 0) is 55.7 Å². The summed E-state index contributed by atoms with van der Waals surface area (Å²) in [6, 6.07) is 6.07. The summed E-state index contributed by atoms with van der Waals surface area (Å²) >= 11 is 5.93. The Morgan fingerprint density at radius 1 is 1.26 bits per heavy atom. The van der Waals surface area contributed by atoms with Gasteiger partial charge in [0.05, 0.1) is 10.7 Å². The number of aromatic nitrogens is 1. The normalized spacial score (nSPS) is 14.7. The number of pyridine rings is 1. The number of benzene rings is 1. The quantitative estimate of drug-likeness (QED) is 0.287. The molecule has 0 N–H and O–H groups in total. The Morgan fingerprint density at radius 2 is 1.97 bits per heavy atom. The van der Waals surface area contributed by atoms with E-state index in [0.29, 0.717) is 16.8 Å². The minimum Gasteiger partial charge on any atom is -0.428 e. The van der Waals surface area contributed by atoms with Gasteiger partial charge in [0, 0.05) is 17.7 Å². The molecule has 1 aromatic carbocycles. The van der Waals surface area contributed by atoms with E-state index in [1.165, 1.54) is 6.20 Å². The number of alkyl halides is 4. The number of rotatable bonds is 9. The number of nitrogens with zero attached hydrogens (tertiary/aromatic N) is 1. The van der Waals surface area contributed by atoms with Crippen molar-refractivity contribution in [2.24, 2.45) is 0 Å². The Morgan fingerprint density at radius 3 is 2.52 bits per heavy atom. The molecule has 0 aliphatic rings. The van der Waals surface area contributed by atoms with Crippen LogP contribution in [0.25, 0.3) is 0 Å². The van der Waals surface area contributed by atoms with Crippen LogP contribution in [0.4, 0.5) is 22.0 Å². The smallest absolute Gasteiger partial charge is 0.428 e. The first kappa shape index (κ1) is 24.6. The molecule has 0 aliphatic heterocycles. The number of ether oxygens (including phenoxy) is 1. The van der Waals surface area contributed by atoms with Gasteiger partial charge in [0.2, 0.25) is 0 Å². The highest BCUT2D eigenvalue weighted by atomic mass is 35.5. The zero-order chi connectivity index (χ0) is 23.2. The lowest BCUT2D eigenvalue weighted by Gasteiger charge is -2.31. The van der Waals surface area contributed by atoms with E-state index in [-0.39, 0.29) is 12.0 Å². The molecule has 31 heavy (non-hydrogen) atoms. The molecule has 0 amide bonds. The van der Waals surface area contributed by atoms with Crippen molar-refractivity contribution >= 4 is 11.6 Å². The maximum Gasteiger partial charge on any atom is 0.461 e. The van der Waals surface area contributed by atoms with E-state index in [4.69, 9.17) is 11.6 Å². The van der Waals surface area contributed by atoms with E-state index >= 15 is 0 Å². The van der Waals surface area contributed by atoms with Gasteiger partial charge in [0.25, 0.3) is 0 Å². The second-order valence-corrected chi connectivity index (χ2v) is 7.42. The summed E-state index contributed by atoms with van der Waals surface area (Å²) < 4.78 is 70.4. The van der Waals surface area contributed by atoms with Gasteiger partial charge in [-0.15, -0.1) is 0 Å². The van der Waals surface area contributed by atoms with Crippen molar-refractivity contribution in [3.8, 4) is 5.75 Å². The van der Waals surface area contributed by atoms with Crippen molar-refractivity contribution in [1.29, 1.82) is 0 Å². The van der Waals surface area contributed by atoms with Crippen molar-refractivity contribution in [1.82, 2.24) is 4.98 Å². The van der Waals surface area contributed by atoms with Gasteiger partial charge in [-0.2, -0.15) is 17.6 Å². The van der Waals surface area contributed by atoms with E-state index in [1.54, 1.807) is 37.3 Å². The molecule has 8 heteroatoms. The van der Waals surface area contributed by atoms with Crippen molar-refractivity contribution < 1.29 is 26.7 Å². The Bertz CT molecular complexity index is 972. The molecular formula is C23H21ClF5NO. The third-order valence-corrected chi connectivity index (χ3v) is 4.86. The monoisotopic (exact) mass is 457 g/mol. The predicted octanol–water partition coefficient (Wildman–Crippen LogP) is 7.50. The van der Waals surface area contributed by atoms with Crippen molar-refractivity contribution in [3.05, 3.63) is 95.1 Å². The molecule has 0 bridgehead atoms. The first-order valence-electron chi connectivity index (χ1n) is 9.24. The molecule has 0 aliphatic carbocycles. The molecule has 0 saturated carbocycles. The Balaban J connectivity index is 2.63. The second-order valence-electron chi connectivity index (χ2n) is 6.98. The zero-order valence-corrected chi connectivity index (χ0v) is 17.6. The van der Waals surface area contributed by atoms with Gasteiger partial charge in [0.15, 0.2) is 0 Å². The summed E-state index contributed by atoms with van der Waals surface area (Å²) in [5.74, 6) is -1.64. The van der Waals surface area contributed by atoms with Gasteiger partial charge in [0.1, 0.15) is 11.6 Å². The van der Waals surface area contributed by atoms with Crippen LogP contribution in [-0.4, -0.2) is 17.5 Å². The molecule has 0 saturated heterocycles. The molecule has 0 radical (unpaired) electrons. The molecule has 1 atom stereocenters. The lowest BCUT2D eigenvalue weighted by atomic mass is 9.74. The van der Waals surface area contributed by atoms with Crippen LogP contribution in [-0.2, 0) is 5.41 Å². The summed E-state index contributed by atoms with van der Waals surface area (Å²) in [6.45, 7) is 7.33. The van der Waals surface area contributed by atoms with E-state index in [2.05, 4.69) is 16.3 Å². The van der Waals surface area contributed by atoms with Crippen molar-refractivity contribution in [3.63, 3.8) is 0 Å². The van der Waals surface area contributed by atoms with E-state index < -0.39 is 29.5 Å². The average molecular weight is 458 g/mol. The fourth-order valence-electron chi connectivity index (χ4n) is 3.01. The highest BCUT2D eigenvalue weighted by Gasteiger charge is 2.44. The lowest BCUT2D eigenvalue weighted by molar-refractivity contribution is -0.253. The Hall–Kier alpha value is -2.67. The minimum atomic E-state index is -4.77. The standard InChI is InChI=1S/C23H21ClF5NO/c1-4-6-7-15(5-2)13-22(3,20-9-8-17(24)14-30-20)16-10-18(25)12-19(11-16)31-23(28,29)21(26)27/h4-12,14,21H,2,13H2,1,3H3/b6-4-,15-7+/t22-/m1/s1. The number of hydrogen-bond acceptors (Lipinski definition) is 2. The SMILES string of the molecule is C=C/C(=C\C=C/C)C[C@](C)(c1cc(F)cc(OC(F)(F)C(F)F)c1)c1ccc(Cl)cn1.